The Hall–Kier alpha value is -0.680. The zero-order valence-electron chi connectivity index (χ0n) is 13.1. The molecule has 4 heteroatoms. The van der Waals surface area contributed by atoms with Crippen molar-refractivity contribution in [1.29, 1.82) is 0 Å². The molecule has 0 atom stereocenters. The summed E-state index contributed by atoms with van der Waals surface area (Å²) in [7, 11) is 3.14. The molecular weight excluding hydrogens is 344 g/mol. The van der Waals surface area contributed by atoms with Gasteiger partial charge in [-0.3, -0.25) is 0 Å². The van der Waals surface area contributed by atoms with Crippen molar-refractivity contribution < 1.29 is 0 Å². The van der Waals surface area contributed by atoms with Crippen LogP contribution in [0.4, 0.5) is 0 Å². The quantitative estimate of drug-likeness (QED) is 0.450. The fourth-order valence-electron chi connectivity index (χ4n) is 2.25. The van der Waals surface area contributed by atoms with E-state index >= 15 is 0 Å². The average Bonchev–Trinajstić information content (AvgIpc) is 2.44. The van der Waals surface area contributed by atoms with Gasteiger partial charge in [-0.1, -0.05) is 72.0 Å². The van der Waals surface area contributed by atoms with E-state index in [1.165, 1.54) is 22.3 Å². The second-order valence-electron chi connectivity index (χ2n) is 5.38. The monoisotopic (exact) mass is 362 g/mol. The Morgan fingerprint density at radius 3 is 1.36 bits per heavy atom. The Kier molecular flexibility index (Phi) is 6.21. The molecule has 0 fully saturated rings. The lowest BCUT2D eigenvalue weighted by Gasteiger charge is -2.10. The first-order valence-corrected chi connectivity index (χ1v) is 9.93. The first-order valence-electron chi connectivity index (χ1n) is 6.96. The third kappa shape index (κ3) is 4.42. The number of benzene rings is 2. The first kappa shape index (κ1) is 17.7. The van der Waals surface area contributed by atoms with Crippen molar-refractivity contribution >= 4 is 54.4 Å². The van der Waals surface area contributed by atoms with Crippen molar-refractivity contribution in [2.24, 2.45) is 0 Å². The number of thiocarbonyl (C=S) groups is 2. The lowest BCUT2D eigenvalue weighted by molar-refractivity contribution is 1.38. The number of hydrogen-bond donors (Lipinski definition) is 0. The molecule has 0 bridgehead atoms. The zero-order valence-corrected chi connectivity index (χ0v) is 16.4. The fraction of sp³-hybridized carbons (Fsp3) is 0.222. The molecule has 0 saturated carbocycles. The second-order valence-corrected chi connectivity index (χ2v) is 8.86. The van der Waals surface area contributed by atoms with Gasteiger partial charge < -0.3 is 0 Å². The summed E-state index contributed by atoms with van der Waals surface area (Å²) in [5.74, 6) is 0. The number of rotatable bonds is 2. The summed E-state index contributed by atoms with van der Waals surface area (Å²) < 4.78 is 1.77. The second kappa shape index (κ2) is 7.73. The highest BCUT2D eigenvalue weighted by Gasteiger charge is 2.11. The van der Waals surface area contributed by atoms with Gasteiger partial charge in [0.1, 0.15) is 0 Å². The highest BCUT2D eigenvalue weighted by molar-refractivity contribution is 8.90. The van der Waals surface area contributed by atoms with Gasteiger partial charge in [0.15, 0.2) is 0 Å². The highest BCUT2D eigenvalue weighted by Crippen LogP contribution is 2.33. The molecule has 0 nitrogen and oxygen atoms in total. The van der Waals surface area contributed by atoms with Gasteiger partial charge in [-0.05, 0) is 60.4 Å². The van der Waals surface area contributed by atoms with Gasteiger partial charge in [0.2, 0.25) is 0 Å². The van der Waals surface area contributed by atoms with Crippen LogP contribution in [-0.2, 0) is 0 Å². The summed E-state index contributed by atoms with van der Waals surface area (Å²) >= 11 is 11.1. The van der Waals surface area contributed by atoms with Crippen LogP contribution in [0.3, 0.4) is 0 Å². The SMILES string of the molecule is Cc1ccc(C(=S)SSC(=S)c2ccc(C)cc2C)c(C)c1. The van der Waals surface area contributed by atoms with Crippen LogP contribution in [0.25, 0.3) is 0 Å². The predicted molar refractivity (Wildman–Crippen MR) is 110 cm³/mol. The van der Waals surface area contributed by atoms with Gasteiger partial charge >= 0.3 is 0 Å². The highest BCUT2D eigenvalue weighted by atomic mass is 33.1. The maximum absolute atomic E-state index is 5.56. The van der Waals surface area contributed by atoms with Gasteiger partial charge in [0.05, 0.1) is 8.39 Å². The lowest BCUT2D eigenvalue weighted by atomic mass is 10.1. The zero-order chi connectivity index (χ0) is 16.3. The summed E-state index contributed by atoms with van der Waals surface area (Å²) in [4.78, 5) is 0. The third-order valence-corrected chi connectivity index (χ3v) is 7.05. The summed E-state index contributed by atoms with van der Waals surface area (Å²) in [5.41, 5.74) is 7.20. The molecule has 0 spiro atoms. The molecule has 0 amide bonds. The largest absolute Gasteiger partial charge is 0.0891 e. The van der Waals surface area contributed by atoms with E-state index in [0.717, 1.165) is 19.5 Å². The van der Waals surface area contributed by atoms with Crippen molar-refractivity contribution in [2.75, 3.05) is 0 Å². The Bertz CT molecular complexity index is 668. The topological polar surface area (TPSA) is 0 Å². The van der Waals surface area contributed by atoms with Gasteiger partial charge in [-0.2, -0.15) is 0 Å². The van der Waals surface area contributed by atoms with E-state index in [1.807, 2.05) is 0 Å². The van der Waals surface area contributed by atoms with Crippen molar-refractivity contribution in [3.63, 3.8) is 0 Å². The minimum atomic E-state index is 0.884. The van der Waals surface area contributed by atoms with Crippen LogP contribution < -0.4 is 0 Å². The van der Waals surface area contributed by atoms with E-state index in [4.69, 9.17) is 24.4 Å². The molecule has 22 heavy (non-hydrogen) atoms. The van der Waals surface area contributed by atoms with Crippen LogP contribution in [0.1, 0.15) is 33.4 Å². The van der Waals surface area contributed by atoms with E-state index in [1.54, 1.807) is 21.6 Å². The van der Waals surface area contributed by atoms with Gasteiger partial charge in [0, 0.05) is 11.1 Å². The van der Waals surface area contributed by atoms with Gasteiger partial charge in [0.25, 0.3) is 0 Å². The smallest absolute Gasteiger partial charge is 0.0709 e. The summed E-state index contributed by atoms with van der Waals surface area (Å²) in [6.07, 6.45) is 0. The Balaban J connectivity index is 2.06. The molecule has 0 aliphatic carbocycles. The normalized spacial score (nSPS) is 10.5. The standard InChI is InChI=1S/C18H18S4/c1-11-5-7-15(13(3)9-11)17(19)21-22-18(20)16-8-6-12(2)10-14(16)4/h5-10H,1-4H3. The van der Waals surface area contributed by atoms with E-state index in [0.29, 0.717) is 0 Å². The van der Waals surface area contributed by atoms with Crippen LogP contribution in [0.5, 0.6) is 0 Å². The molecule has 0 heterocycles. The maximum Gasteiger partial charge on any atom is 0.0891 e. The Morgan fingerprint density at radius 2 is 1.05 bits per heavy atom. The average molecular weight is 363 g/mol. The predicted octanol–water partition coefficient (Wildman–Crippen LogP) is 6.35. The van der Waals surface area contributed by atoms with Crippen LogP contribution in [0, 0.1) is 27.7 Å². The molecule has 2 aromatic carbocycles. The molecule has 0 N–H and O–H groups in total. The first-order chi connectivity index (χ1) is 10.4. The number of hydrogen-bond acceptors (Lipinski definition) is 4. The van der Waals surface area contributed by atoms with Crippen molar-refractivity contribution in [3.05, 3.63) is 69.8 Å². The van der Waals surface area contributed by atoms with Crippen LogP contribution in [-0.4, -0.2) is 8.39 Å². The number of aryl methyl sites for hydroxylation is 4. The summed E-state index contributed by atoms with van der Waals surface area (Å²) in [6, 6.07) is 12.7. The minimum Gasteiger partial charge on any atom is -0.0709 e. The van der Waals surface area contributed by atoms with Gasteiger partial charge in [-0.25, -0.2) is 0 Å². The van der Waals surface area contributed by atoms with Crippen LogP contribution >= 0.6 is 46.0 Å². The molecule has 0 unspecified atom stereocenters. The molecule has 0 radical (unpaired) electrons. The molecule has 2 aromatic rings. The van der Waals surface area contributed by atoms with E-state index < -0.39 is 0 Å². The van der Waals surface area contributed by atoms with E-state index in [2.05, 4.69) is 64.1 Å². The van der Waals surface area contributed by atoms with Gasteiger partial charge in [-0.15, -0.1) is 0 Å². The van der Waals surface area contributed by atoms with Crippen LogP contribution in [0.2, 0.25) is 0 Å². The van der Waals surface area contributed by atoms with Crippen molar-refractivity contribution in [1.82, 2.24) is 0 Å². The summed E-state index contributed by atoms with van der Waals surface area (Å²) in [6.45, 7) is 8.39. The lowest BCUT2D eigenvalue weighted by Crippen LogP contribution is -1.98. The molecule has 114 valence electrons. The molecule has 0 aliphatic rings. The fourth-order valence-corrected chi connectivity index (χ4v) is 5.10. The Labute approximate surface area is 151 Å². The molecule has 0 aromatic heterocycles. The minimum absolute atomic E-state index is 0.884. The third-order valence-electron chi connectivity index (χ3n) is 3.40. The Morgan fingerprint density at radius 1 is 0.682 bits per heavy atom. The molecule has 0 saturated heterocycles. The van der Waals surface area contributed by atoms with E-state index in [9.17, 15) is 0 Å². The molecule has 2 rings (SSSR count). The molecule has 0 aliphatic heterocycles. The maximum atomic E-state index is 5.56. The van der Waals surface area contributed by atoms with Crippen LogP contribution in [0.15, 0.2) is 36.4 Å². The van der Waals surface area contributed by atoms with Crippen molar-refractivity contribution in [3.8, 4) is 0 Å². The van der Waals surface area contributed by atoms with E-state index in [-0.39, 0.29) is 0 Å². The summed E-state index contributed by atoms with van der Waals surface area (Å²) in [5, 5.41) is 0. The molecular formula is C18H18S4. The van der Waals surface area contributed by atoms with Crippen molar-refractivity contribution in [2.45, 2.75) is 27.7 Å².